The topological polar surface area (TPSA) is 69.9 Å². The van der Waals surface area contributed by atoms with E-state index in [1.165, 1.54) is 0 Å². The standard InChI is InChI=1S/C12H12N4O/c13-6-9-7-16(8-10-3-5-15-17-10)12-11(9)2-1-4-14-12/h1-5,7H,6,8,13H2. The lowest BCUT2D eigenvalue weighted by Gasteiger charge is -2.00. The first-order chi connectivity index (χ1) is 8.38. The van der Waals surface area contributed by atoms with Gasteiger partial charge in [0.1, 0.15) is 5.65 Å². The van der Waals surface area contributed by atoms with Crippen LogP contribution in [0.3, 0.4) is 0 Å². The first-order valence-electron chi connectivity index (χ1n) is 5.41. The first-order valence-corrected chi connectivity index (χ1v) is 5.41. The second-order valence-electron chi connectivity index (χ2n) is 3.84. The molecule has 0 unspecified atom stereocenters. The van der Waals surface area contributed by atoms with Crippen LogP contribution in [-0.4, -0.2) is 14.7 Å². The molecule has 5 heteroatoms. The number of hydrogen-bond donors (Lipinski definition) is 1. The summed E-state index contributed by atoms with van der Waals surface area (Å²) in [5.74, 6) is 0.802. The summed E-state index contributed by atoms with van der Waals surface area (Å²) < 4.78 is 7.13. The van der Waals surface area contributed by atoms with Gasteiger partial charge in [0.25, 0.3) is 0 Å². The van der Waals surface area contributed by atoms with Crippen molar-refractivity contribution in [3.63, 3.8) is 0 Å². The van der Waals surface area contributed by atoms with Crippen LogP contribution in [0.4, 0.5) is 0 Å². The fourth-order valence-electron chi connectivity index (χ4n) is 1.97. The number of pyridine rings is 1. The van der Waals surface area contributed by atoms with Gasteiger partial charge in [-0.2, -0.15) is 0 Å². The van der Waals surface area contributed by atoms with E-state index in [0.717, 1.165) is 22.4 Å². The molecule has 0 aliphatic carbocycles. The minimum absolute atomic E-state index is 0.506. The normalized spacial score (nSPS) is 11.1. The van der Waals surface area contributed by atoms with Gasteiger partial charge in [0, 0.05) is 30.4 Å². The molecule has 0 radical (unpaired) electrons. The molecule has 0 saturated heterocycles. The maximum Gasteiger partial charge on any atom is 0.156 e. The molecule has 0 saturated carbocycles. The molecule has 86 valence electrons. The fraction of sp³-hybridized carbons (Fsp3) is 0.167. The molecule has 3 aromatic rings. The maximum atomic E-state index is 5.73. The highest BCUT2D eigenvalue weighted by Crippen LogP contribution is 2.19. The van der Waals surface area contributed by atoms with Gasteiger partial charge in [-0.25, -0.2) is 4.98 Å². The second-order valence-corrected chi connectivity index (χ2v) is 3.84. The number of aromatic nitrogens is 3. The Morgan fingerprint density at radius 2 is 2.24 bits per heavy atom. The summed E-state index contributed by atoms with van der Waals surface area (Å²) >= 11 is 0. The lowest BCUT2D eigenvalue weighted by molar-refractivity contribution is 0.377. The van der Waals surface area contributed by atoms with E-state index in [4.69, 9.17) is 10.3 Å². The lowest BCUT2D eigenvalue weighted by Crippen LogP contribution is -1.98. The third kappa shape index (κ3) is 1.70. The van der Waals surface area contributed by atoms with Crippen LogP contribution in [0.2, 0.25) is 0 Å². The van der Waals surface area contributed by atoms with Crippen LogP contribution < -0.4 is 5.73 Å². The zero-order valence-electron chi connectivity index (χ0n) is 9.21. The molecular formula is C12H12N4O. The SMILES string of the molecule is NCc1cn(Cc2ccno2)c2ncccc12. The van der Waals surface area contributed by atoms with E-state index in [0.29, 0.717) is 13.1 Å². The van der Waals surface area contributed by atoms with E-state index >= 15 is 0 Å². The van der Waals surface area contributed by atoms with Gasteiger partial charge in [-0.05, 0) is 17.7 Å². The highest BCUT2D eigenvalue weighted by atomic mass is 16.5. The Kier molecular flexibility index (Phi) is 2.38. The number of hydrogen-bond acceptors (Lipinski definition) is 4. The maximum absolute atomic E-state index is 5.73. The van der Waals surface area contributed by atoms with Gasteiger partial charge in [0.05, 0.1) is 12.7 Å². The minimum atomic E-state index is 0.506. The summed E-state index contributed by atoms with van der Waals surface area (Å²) in [6.45, 7) is 1.12. The zero-order chi connectivity index (χ0) is 11.7. The van der Waals surface area contributed by atoms with Crippen LogP contribution >= 0.6 is 0 Å². The van der Waals surface area contributed by atoms with E-state index in [-0.39, 0.29) is 0 Å². The summed E-state index contributed by atoms with van der Waals surface area (Å²) in [6, 6.07) is 5.79. The lowest BCUT2D eigenvalue weighted by atomic mass is 10.2. The third-order valence-corrected chi connectivity index (χ3v) is 2.75. The van der Waals surface area contributed by atoms with Crippen LogP contribution in [0.25, 0.3) is 11.0 Å². The summed E-state index contributed by atoms with van der Waals surface area (Å²) in [4.78, 5) is 4.38. The summed E-state index contributed by atoms with van der Waals surface area (Å²) in [5, 5.41) is 4.78. The third-order valence-electron chi connectivity index (χ3n) is 2.75. The molecule has 0 amide bonds. The molecule has 0 aliphatic rings. The zero-order valence-corrected chi connectivity index (χ0v) is 9.21. The molecule has 0 atom stereocenters. The van der Waals surface area contributed by atoms with Crippen molar-refractivity contribution < 1.29 is 4.52 Å². The Labute approximate surface area is 97.8 Å². The van der Waals surface area contributed by atoms with Crippen LogP contribution in [0.1, 0.15) is 11.3 Å². The Bertz CT molecular complexity index is 627. The average Bonchev–Trinajstić information content (AvgIpc) is 2.98. The Morgan fingerprint density at radius 3 is 3.00 bits per heavy atom. The van der Waals surface area contributed by atoms with Gasteiger partial charge in [0.15, 0.2) is 5.76 Å². The molecular weight excluding hydrogens is 216 g/mol. The molecule has 0 aromatic carbocycles. The predicted octanol–water partition coefficient (Wildman–Crippen LogP) is 1.53. The fourth-order valence-corrected chi connectivity index (χ4v) is 1.97. The van der Waals surface area contributed by atoms with Gasteiger partial charge < -0.3 is 14.8 Å². The molecule has 3 rings (SSSR count). The predicted molar refractivity (Wildman–Crippen MR) is 63.2 cm³/mol. The van der Waals surface area contributed by atoms with Crippen LogP contribution in [-0.2, 0) is 13.1 Å². The second kappa shape index (κ2) is 4.03. The van der Waals surface area contributed by atoms with E-state index in [1.807, 2.05) is 29.0 Å². The molecule has 5 nitrogen and oxygen atoms in total. The van der Waals surface area contributed by atoms with Crippen LogP contribution in [0, 0.1) is 0 Å². The van der Waals surface area contributed by atoms with Crippen LogP contribution in [0.15, 0.2) is 41.3 Å². The Balaban J connectivity index is 2.10. The van der Waals surface area contributed by atoms with Crippen molar-refractivity contribution in [1.29, 1.82) is 0 Å². The number of fused-ring (bicyclic) bond motifs is 1. The molecule has 0 spiro atoms. The van der Waals surface area contributed by atoms with E-state index in [9.17, 15) is 0 Å². The van der Waals surface area contributed by atoms with Gasteiger partial charge in [-0.1, -0.05) is 5.16 Å². The van der Waals surface area contributed by atoms with Crippen molar-refractivity contribution in [2.24, 2.45) is 5.73 Å². The number of nitrogens with zero attached hydrogens (tertiary/aromatic N) is 3. The molecule has 0 aliphatic heterocycles. The average molecular weight is 228 g/mol. The largest absolute Gasteiger partial charge is 0.359 e. The van der Waals surface area contributed by atoms with E-state index in [2.05, 4.69) is 10.1 Å². The highest BCUT2D eigenvalue weighted by molar-refractivity contribution is 5.80. The first kappa shape index (κ1) is 10.0. The van der Waals surface area contributed by atoms with Gasteiger partial charge in [-0.3, -0.25) is 0 Å². The molecule has 0 fully saturated rings. The van der Waals surface area contributed by atoms with Crippen molar-refractivity contribution in [3.05, 3.63) is 48.1 Å². The molecule has 0 bridgehead atoms. The van der Waals surface area contributed by atoms with Crippen molar-refractivity contribution >= 4 is 11.0 Å². The Morgan fingerprint density at radius 1 is 1.29 bits per heavy atom. The summed E-state index contributed by atoms with van der Waals surface area (Å²) in [5.41, 5.74) is 7.74. The van der Waals surface area contributed by atoms with E-state index in [1.54, 1.807) is 12.4 Å². The smallest absolute Gasteiger partial charge is 0.156 e. The van der Waals surface area contributed by atoms with Crippen molar-refractivity contribution in [3.8, 4) is 0 Å². The minimum Gasteiger partial charge on any atom is -0.359 e. The molecule has 3 aromatic heterocycles. The van der Waals surface area contributed by atoms with Gasteiger partial charge in [0.2, 0.25) is 0 Å². The van der Waals surface area contributed by atoms with Crippen molar-refractivity contribution in [2.75, 3.05) is 0 Å². The van der Waals surface area contributed by atoms with E-state index < -0.39 is 0 Å². The summed E-state index contributed by atoms with van der Waals surface area (Å²) in [7, 11) is 0. The summed E-state index contributed by atoms with van der Waals surface area (Å²) in [6.07, 6.45) is 5.43. The molecule has 3 heterocycles. The van der Waals surface area contributed by atoms with Gasteiger partial charge >= 0.3 is 0 Å². The molecule has 17 heavy (non-hydrogen) atoms. The molecule has 2 N–H and O–H groups in total. The van der Waals surface area contributed by atoms with Gasteiger partial charge in [-0.15, -0.1) is 0 Å². The number of nitrogens with two attached hydrogens (primary N) is 1. The highest BCUT2D eigenvalue weighted by Gasteiger charge is 2.09. The van der Waals surface area contributed by atoms with Crippen molar-refractivity contribution in [1.82, 2.24) is 14.7 Å². The number of rotatable bonds is 3. The monoisotopic (exact) mass is 228 g/mol. The quantitative estimate of drug-likeness (QED) is 0.738. The van der Waals surface area contributed by atoms with Crippen molar-refractivity contribution in [2.45, 2.75) is 13.1 Å². The van der Waals surface area contributed by atoms with Crippen LogP contribution in [0.5, 0.6) is 0 Å². The Hall–Kier alpha value is -2.14.